The monoisotopic (exact) mass is 284 g/mol. The first kappa shape index (κ1) is 14.1. The summed E-state index contributed by atoms with van der Waals surface area (Å²) >= 11 is 0. The molecule has 2 aromatic rings. The fourth-order valence-corrected chi connectivity index (χ4v) is 2.84. The summed E-state index contributed by atoms with van der Waals surface area (Å²) in [6.07, 6.45) is 2.71. The molecule has 0 aliphatic heterocycles. The summed E-state index contributed by atoms with van der Waals surface area (Å²) in [6.45, 7) is 6.90. The van der Waals surface area contributed by atoms with Gasteiger partial charge in [0.05, 0.1) is 11.4 Å². The van der Waals surface area contributed by atoms with Gasteiger partial charge in [-0.05, 0) is 44.7 Å². The van der Waals surface area contributed by atoms with E-state index in [9.17, 15) is 0 Å². The van der Waals surface area contributed by atoms with Gasteiger partial charge in [-0.2, -0.15) is 5.10 Å². The average molecular weight is 284 g/mol. The summed E-state index contributed by atoms with van der Waals surface area (Å²) in [4.78, 5) is 2.44. The zero-order valence-electron chi connectivity index (χ0n) is 12.9. The van der Waals surface area contributed by atoms with Gasteiger partial charge in [0.1, 0.15) is 5.82 Å². The van der Waals surface area contributed by atoms with Crippen molar-refractivity contribution < 1.29 is 0 Å². The Labute approximate surface area is 126 Å². The van der Waals surface area contributed by atoms with Crippen LogP contribution in [0.25, 0.3) is 5.69 Å². The summed E-state index contributed by atoms with van der Waals surface area (Å²) in [7, 11) is 0. The first-order valence-corrected chi connectivity index (χ1v) is 7.83. The Morgan fingerprint density at radius 2 is 2.00 bits per heavy atom. The first-order chi connectivity index (χ1) is 10.2. The molecule has 0 unspecified atom stereocenters. The smallest absolute Gasteiger partial charge is 0.137 e. The highest BCUT2D eigenvalue weighted by Gasteiger charge is 2.27. The van der Waals surface area contributed by atoms with Gasteiger partial charge in [0.25, 0.3) is 0 Å². The van der Waals surface area contributed by atoms with E-state index in [1.165, 1.54) is 24.2 Å². The number of nitrogens with two attached hydrogens (primary N) is 1. The van der Waals surface area contributed by atoms with Crippen LogP contribution >= 0.6 is 0 Å². The predicted octanol–water partition coefficient (Wildman–Crippen LogP) is 2.88. The van der Waals surface area contributed by atoms with Crippen LogP contribution in [0.5, 0.6) is 0 Å². The van der Waals surface area contributed by atoms with Crippen LogP contribution in [0.3, 0.4) is 0 Å². The molecule has 0 atom stereocenters. The van der Waals surface area contributed by atoms with Gasteiger partial charge in [0.2, 0.25) is 0 Å². The third kappa shape index (κ3) is 2.81. The molecule has 0 bridgehead atoms. The van der Waals surface area contributed by atoms with E-state index in [-0.39, 0.29) is 0 Å². The van der Waals surface area contributed by atoms with E-state index < -0.39 is 0 Å². The topological polar surface area (TPSA) is 47.1 Å². The standard InChI is InChI=1S/C17H24N4/c1-3-20(12-14-9-10-14)17-16(11-18)13(2)19-21(17)15-7-5-4-6-8-15/h4-8,14H,3,9-12,18H2,1-2H3. The Kier molecular flexibility index (Phi) is 3.97. The van der Waals surface area contributed by atoms with Crippen molar-refractivity contribution in [2.75, 3.05) is 18.0 Å². The van der Waals surface area contributed by atoms with E-state index in [2.05, 4.69) is 47.7 Å². The molecular formula is C17H24N4. The molecule has 1 aliphatic rings. The molecule has 2 N–H and O–H groups in total. The largest absolute Gasteiger partial charge is 0.356 e. The van der Waals surface area contributed by atoms with Gasteiger partial charge in [0.15, 0.2) is 0 Å². The molecule has 0 radical (unpaired) electrons. The van der Waals surface area contributed by atoms with Crippen LogP contribution < -0.4 is 10.6 Å². The Balaban J connectivity index is 2.06. The van der Waals surface area contributed by atoms with Gasteiger partial charge in [-0.1, -0.05) is 18.2 Å². The van der Waals surface area contributed by atoms with Gasteiger partial charge in [0, 0.05) is 25.2 Å². The maximum absolute atomic E-state index is 6.00. The van der Waals surface area contributed by atoms with Crippen LogP contribution in [0.4, 0.5) is 5.82 Å². The second-order valence-electron chi connectivity index (χ2n) is 5.82. The quantitative estimate of drug-likeness (QED) is 0.887. The minimum atomic E-state index is 0.537. The second-order valence-corrected chi connectivity index (χ2v) is 5.82. The molecule has 21 heavy (non-hydrogen) atoms. The number of benzene rings is 1. The van der Waals surface area contributed by atoms with Gasteiger partial charge >= 0.3 is 0 Å². The van der Waals surface area contributed by atoms with Gasteiger partial charge in [-0.15, -0.1) is 0 Å². The third-order valence-corrected chi connectivity index (χ3v) is 4.22. The molecule has 0 spiro atoms. The maximum atomic E-state index is 6.00. The lowest BCUT2D eigenvalue weighted by Crippen LogP contribution is -2.29. The van der Waals surface area contributed by atoms with Crippen molar-refractivity contribution in [2.24, 2.45) is 11.7 Å². The number of para-hydroxylation sites is 1. The summed E-state index contributed by atoms with van der Waals surface area (Å²) in [6, 6.07) is 10.3. The highest BCUT2D eigenvalue weighted by atomic mass is 15.4. The minimum Gasteiger partial charge on any atom is -0.356 e. The number of nitrogens with zero attached hydrogens (tertiary/aromatic N) is 3. The molecule has 1 fully saturated rings. The van der Waals surface area contributed by atoms with E-state index in [0.717, 1.165) is 30.4 Å². The van der Waals surface area contributed by atoms with Crippen LogP contribution in [0.1, 0.15) is 31.0 Å². The molecule has 1 aliphatic carbocycles. The number of hydrogen-bond acceptors (Lipinski definition) is 3. The molecular weight excluding hydrogens is 260 g/mol. The van der Waals surface area contributed by atoms with Crippen LogP contribution in [0.15, 0.2) is 30.3 Å². The Morgan fingerprint density at radius 3 is 2.57 bits per heavy atom. The third-order valence-electron chi connectivity index (χ3n) is 4.22. The van der Waals surface area contributed by atoms with Crippen LogP contribution in [-0.2, 0) is 6.54 Å². The molecule has 0 amide bonds. The van der Waals surface area contributed by atoms with Crippen LogP contribution in [0, 0.1) is 12.8 Å². The van der Waals surface area contributed by atoms with Crippen LogP contribution in [0.2, 0.25) is 0 Å². The van der Waals surface area contributed by atoms with Gasteiger partial charge in [-0.3, -0.25) is 0 Å². The lowest BCUT2D eigenvalue weighted by Gasteiger charge is -2.25. The van der Waals surface area contributed by atoms with E-state index in [1.54, 1.807) is 0 Å². The average Bonchev–Trinajstić information content (AvgIpc) is 3.27. The van der Waals surface area contributed by atoms with Gasteiger partial charge < -0.3 is 10.6 Å². The van der Waals surface area contributed by atoms with Crippen molar-refractivity contribution in [3.8, 4) is 5.69 Å². The summed E-state index contributed by atoms with van der Waals surface area (Å²) in [5.41, 5.74) is 9.30. The van der Waals surface area contributed by atoms with E-state index in [4.69, 9.17) is 10.8 Å². The Bertz CT molecular complexity index is 599. The highest BCUT2D eigenvalue weighted by molar-refractivity contribution is 5.55. The fraction of sp³-hybridized carbons (Fsp3) is 0.471. The maximum Gasteiger partial charge on any atom is 0.137 e. The minimum absolute atomic E-state index is 0.537. The zero-order valence-corrected chi connectivity index (χ0v) is 12.9. The van der Waals surface area contributed by atoms with Crippen molar-refractivity contribution in [1.29, 1.82) is 0 Å². The van der Waals surface area contributed by atoms with Crippen molar-refractivity contribution in [3.05, 3.63) is 41.6 Å². The Hall–Kier alpha value is -1.81. The van der Waals surface area contributed by atoms with Crippen molar-refractivity contribution in [1.82, 2.24) is 9.78 Å². The zero-order chi connectivity index (χ0) is 14.8. The fourth-order valence-electron chi connectivity index (χ4n) is 2.84. The number of anilines is 1. The van der Waals surface area contributed by atoms with E-state index in [0.29, 0.717) is 6.54 Å². The summed E-state index contributed by atoms with van der Waals surface area (Å²) in [5, 5.41) is 4.74. The first-order valence-electron chi connectivity index (χ1n) is 7.83. The SMILES string of the molecule is CCN(CC1CC1)c1c(CN)c(C)nn1-c1ccccc1. The molecule has 4 heteroatoms. The summed E-state index contributed by atoms with van der Waals surface area (Å²) < 4.78 is 2.06. The van der Waals surface area contributed by atoms with E-state index in [1.807, 2.05) is 6.07 Å². The normalized spacial score (nSPS) is 14.4. The number of rotatable bonds is 6. The molecule has 1 heterocycles. The van der Waals surface area contributed by atoms with Crippen LogP contribution in [-0.4, -0.2) is 22.9 Å². The lowest BCUT2D eigenvalue weighted by molar-refractivity contribution is 0.706. The second kappa shape index (κ2) is 5.90. The number of aryl methyl sites for hydroxylation is 1. The molecule has 1 aromatic carbocycles. The summed E-state index contributed by atoms with van der Waals surface area (Å²) in [5.74, 6) is 2.02. The van der Waals surface area contributed by atoms with E-state index >= 15 is 0 Å². The lowest BCUT2D eigenvalue weighted by atomic mass is 10.2. The number of aromatic nitrogens is 2. The molecule has 3 rings (SSSR count). The molecule has 112 valence electrons. The molecule has 4 nitrogen and oxygen atoms in total. The van der Waals surface area contributed by atoms with Crippen molar-refractivity contribution >= 4 is 5.82 Å². The molecule has 0 saturated heterocycles. The highest BCUT2D eigenvalue weighted by Crippen LogP contribution is 2.34. The van der Waals surface area contributed by atoms with Crippen molar-refractivity contribution in [3.63, 3.8) is 0 Å². The van der Waals surface area contributed by atoms with Crippen molar-refractivity contribution in [2.45, 2.75) is 33.2 Å². The predicted molar refractivity (Wildman–Crippen MR) is 86.8 cm³/mol. The molecule has 1 aromatic heterocycles. The van der Waals surface area contributed by atoms with Gasteiger partial charge in [-0.25, -0.2) is 4.68 Å². The molecule has 1 saturated carbocycles. The number of hydrogen-bond donors (Lipinski definition) is 1. The Morgan fingerprint density at radius 1 is 1.29 bits per heavy atom.